The van der Waals surface area contributed by atoms with Crippen LogP contribution < -0.4 is 5.32 Å². The van der Waals surface area contributed by atoms with Crippen LogP contribution >= 0.6 is 15.9 Å². The number of H-pyrrole nitrogens is 1. The van der Waals surface area contributed by atoms with Gasteiger partial charge in [-0.3, -0.25) is 14.6 Å². The maximum absolute atomic E-state index is 12.5. The highest BCUT2D eigenvalue weighted by Crippen LogP contribution is 2.26. The Bertz CT molecular complexity index is 1080. The van der Waals surface area contributed by atoms with E-state index in [0.29, 0.717) is 22.4 Å². The van der Waals surface area contributed by atoms with Crippen molar-refractivity contribution in [2.45, 2.75) is 26.3 Å². The quantitative estimate of drug-likeness (QED) is 0.509. The molecule has 1 amide bonds. The highest BCUT2D eigenvalue weighted by molar-refractivity contribution is 9.10. The van der Waals surface area contributed by atoms with Gasteiger partial charge in [-0.05, 0) is 34.0 Å². The van der Waals surface area contributed by atoms with Crippen LogP contribution in [0.1, 0.15) is 41.6 Å². The zero-order valence-electron chi connectivity index (χ0n) is 14.8. The Morgan fingerprint density at radius 2 is 2.19 bits per heavy atom. The third kappa shape index (κ3) is 3.50. The van der Waals surface area contributed by atoms with E-state index in [0.717, 1.165) is 17.0 Å². The van der Waals surface area contributed by atoms with Crippen molar-refractivity contribution in [1.29, 1.82) is 0 Å². The number of hydrogen-bond acceptors (Lipinski definition) is 4. The molecule has 0 fully saturated rings. The van der Waals surface area contributed by atoms with E-state index in [1.165, 1.54) is 0 Å². The van der Waals surface area contributed by atoms with Crippen molar-refractivity contribution in [1.82, 2.24) is 29.4 Å². The minimum atomic E-state index is -0.294. The second-order valence-electron chi connectivity index (χ2n) is 6.53. The fourth-order valence-corrected chi connectivity index (χ4v) is 3.62. The summed E-state index contributed by atoms with van der Waals surface area (Å²) in [4.78, 5) is 17.0. The molecule has 0 atom stereocenters. The smallest absolute Gasteiger partial charge is 0.277 e. The van der Waals surface area contributed by atoms with Crippen molar-refractivity contribution in [2.24, 2.45) is 0 Å². The molecule has 0 aliphatic rings. The van der Waals surface area contributed by atoms with Crippen LogP contribution in [0.15, 0.2) is 47.5 Å². The molecule has 0 bridgehead atoms. The van der Waals surface area contributed by atoms with Crippen LogP contribution in [-0.4, -0.2) is 35.3 Å². The number of rotatable bonds is 5. The number of carbonyl (C=O) groups is 1. The summed E-state index contributed by atoms with van der Waals surface area (Å²) in [5, 5.41) is 14.1. The Hall–Kier alpha value is -2.94. The summed E-state index contributed by atoms with van der Waals surface area (Å²) in [5.41, 5.74) is 3.59. The number of hydrogen-bond donors (Lipinski definition) is 2. The lowest BCUT2D eigenvalue weighted by Gasteiger charge is -2.02. The maximum atomic E-state index is 12.5. The zero-order valence-corrected chi connectivity index (χ0v) is 16.4. The Labute approximate surface area is 163 Å². The summed E-state index contributed by atoms with van der Waals surface area (Å²) >= 11 is 3.45. The molecule has 8 nitrogen and oxygen atoms in total. The number of imidazole rings is 1. The third-order valence-corrected chi connectivity index (χ3v) is 4.96. The van der Waals surface area contributed by atoms with Crippen LogP contribution in [0.4, 0.5) is 5.69 Å². The predicted octanol–water partition coefficient (Wildman–Crippen LogP) is 3.44. The van der Waals surface area contributed by atoms with Gasteiger partial charge in [0.1, 0.15) is 5.65 Å². The van der Waals surface area contributed by atoms with Crippen LogP contribution in [0.3, 0.4) is 0 Å². The molecule has 9 heteroatoms. The van der Waals surface area contributed by atoms with Crippen LogP contribution in [-0.2, 0) is 6.54 Å². The Morgan fingerprint density at radius 3 is 2.93 bits per heavy atom. The van der Waals surface area contributed by atoms with Gasteiger partial charge in [0.05, 0.1) is 34.3 Å². The SMILES string of the molecule is CC(C)c1[nH]nc(C(=O)Nc2cnn(Cc3cn4ccccc4n3)c2)c1Br. The van der Waals surface area contributed by atoms with Gasteiger partial charge in [0, 0.05) is 18.6 Å². The molecular weight excluding hydrogens is 410 g/mol. The van der Waals surface area contributed by atoms with Crippen molar-refractivity contribution in [2.75, 3.05) is 5.32 Å². The van der Waals surface area contributed by atoms with Gasteiger partial charge in [-0.25, -0.2) is 4.98 Å². The summed E-state index contributed by atoms with van der Waals surface area (Å²) in [6.45, 7) is 4.58. The summed E-state index contributed by atoms with van der Waals surface area (Å²) in [7, 11) is 0. The lowest BCUT2D eigenvalue weighted by atomic mass is 10.1. The molecule has 0 saturated carbocycles. The lowest BCUT2D eigenvalue weighted by Crippen LogP contribution is -2.12. The van der Waals surface area contributed by atoms with Gasteiger partial charge in [0.15, 0.2) is 5.69 Å². The van der Waals surface area contributed by atoms with Crippen LogP contribution in [0.2, 0.25) is 0 Å². The van der Waals surface area contributed by atoms with E-state index >= 15 is 0 Å². The van der Waals surface area contributed by atoms with Crippen molar-refractivity contribution < 1.29 is 4.79 Å². The van der Waals surface area contributed by atoms with Crippen LogP contribution in [0, 0.1) is 0 Å². The molecule has 0 aliphatic carbocycles. The van der Waals surface area contributed by atoms with Gasteiger partial charge in [-0.1, -0.05) is 19.9 Å². The standard InChI is InChI=1S/C18H18BrN7O/c1-11(2)16-15(19)17(24-23-16)18(27)22-12-7-20-26(9-12)10-13-8-25-6-4-3-5-14(25)21-13/h3-9,11H,10H2,1-2H3,(H,22,27)(H,23,24). The third-order valence-electron chi connectivity index (χ3n) is 4.15. The minimum absolute atomic E-state index is 0.238. The second kappa shape index (κ2) is 6.99. The van der Waals surface area contributed by atoms with Gasteiger partial charge < -0.3 is 9.72 Å². The molecule has 2 N–H and O–H groups in total. The highest BCUT2D eigenvalue weighted by Gasteiger charge is 2.19. The van der Waals surface area contributed by atoms with E-state index in [1.54, 1.807) is 17.1 Å². The van der Waals surface area contributed by atoms with E-state index in [2.05, 4.69) is 41.5 Å². The first kappa shape index (κ1) is 17.5. The van der Waals surface area contributed by atoms with Gasteiger partial charge in [0.25, 0.3) is 5.91 Å². The first-order valence-corrected chi connectivity index (χ1v) is 9.30. The molecule has 27 heavy (non-hydrogen) atoms. The molecule has 4 heterocycles. The summed E-state index contributed by atoms with van der Waals surface area (Å²) in [5.74, 6) is -0.0566. The largest absolute Gasteiger partial charge is 0.318 e. The normalized spacial score (nSPS) is 11.4. The Balaban J connectivity index is 1.47. The van der Waals surface area contributed by atoms with Gasteiger partial charge in [0.2, 0.25) is 0 Å². The molecule has 0 radical (unpaired) electrons. The number of aromatic amines is 1. The van der Waals surface area contributed by atoms with Crippen LogP contribution in [0.25, 0.3) is 5.65 Å². The van der Waals surface area contributed by atoms with E-state index in [-0.39, 0.29) is 11.8 Å². The maximum Gasteiger partial charge on any atom is 0.277 e. The molecule has 4 aromatic heterocycles. The van der Waals surface area contributed by atoms with Gasteiger partial charge in [-0.2, -0.15) is 10.2 Å². The monoisotopic (exact) mass is 427 g/mol. The Kier molecular flexibility index (Phi) is 4.53. The fraction of sp³-hybridized carbons (Fsp3) is 0.222. The average molecular weight is 428 g/mol. The second-order valence-corrected chi connectivity index (χ2v) is 7.33. The van der Waals surface area contributed by atoms with Gasteiger partial charge >= 0.3 is 0 Å². The average Bonchev–Trinajstić information content (AvgIpc) is 3.33. The topological polar surface area (TPSA) is 92.9 Å². The molecule has 0 unspecified atom stereocenters. The van der Waals surface area contributed by atoms with E-state index in [1.807, 2.05) is 48.8 Å². The number of fused-ring (bicyclic) bond motifs is 1. The van der Waals surface area contributed by atoms with Gasteiger partial charge in [-0.15, -0.1) is 0 Å². The van der Waals surface area contributed by atoms with E-state index in [4.69, 9.17) is 0 Å². The summed E-state index contributed by atoms with van der Waals surface area (Å²) in [6.07, 6.45) is 7.29. The van der Waals surface area contributed by atoms with Crippen LogP contribution in [0.5, 0.6) is 0 Å². The number of halogens is 1. The number of nitrogens with one attached hydrogen (secondary N) is 2. The number of amides is 1. The van der Waals surface area contributed by atoms with Crippen molar-refractivity contribution >= 4 is 33.2 Å². The molecule has 4 rings (SSSR count). The van der Waals surface area contributed by atoms with Crippen molar-refractivity contribution in [3.05, 3.63) is 64.5 Å². The molecule has 0 saturated heterocycles. The number of nitrogens with zero attached hydrogens (tertiary/aromatic N) is 5. The molecule has 138 valence electrons. The Morgan fingerprint density at radius 1 is 1.33 bits per heavy atom. The number of aromatic nitrogens is 6. The molecule has 0 spiro atoms. The summed E-state index contributed by atoms with van der Waals surface area (Å²) in [6, 6.07) is 5.86. The first-order chi connectivity index (χ1) is 13.0. The van der Waals surface area contributed by atoms with Crippen molar-refractivity contribution in [3.8, 4) is 0 Å². The molecular formula is C18H18BrN7O. The van der Waals surface area contributed by atoms with E-state index in [9.17, 15) is 4.79 Å². The highest BCUT2D eigenvalue weighted by atomic mass is 79.9. The van der Waals surface area contributed by atoms with Crippen molar-refractivity contribution in [3.63, 3.8) is 0 Å². The molecule has 0 aliphatic heterocycles. The number of pyridine rings is 1. The lowest BCUT2D eigenvalue weighted by molar-refractivity contribution is 0.102. The first-order valence-electron chi connectivity index (χ1n) is 8.51. The predicted molar refractivity (Wildman–Crippen MR) is 105 cm³/mol. The summed E-state index contributed by atoms with van der Waals surface area (Å²) < 4.78 is 4.38. The zero-order chi connectivity index (χ0) is 19.0. The molecule has 0 aromatic carbocycles. The van der Waals surface area contributed by atoms with E-state index < -0.39 is 0 Å². The molecule has 4 aromatic rings. The fourth-order valence-electron chi connectivity index (χ4n) is 2.81. The number of anilines is 1. The minimum Gasteiger partial charge on any atom is -0.318 e. The number of carbonyl (C=O) groups excluding carboxylic acids is 1.